The summed E-state index contributed by atoms with van der Waals surface area (Å²) in [6, 6.07) is 0. The molecule has 0 spiro atoms. The molecule has 0 aromatic carbocycles. The molecule has 0 aliphatic carbocycles. The number of nitrogens with one attached hydrogen (secondary N) is 1. The lowest BCUT2D eigenvalue weighted by atomic mass is 9.84. The summed E-state index contributed by atoms with van der Waals surface area (Å²) in [6.07, 6.45) is 4.33. The summed E-state index contributed by atoms with van der Waals surface area (Å²) >= 11 is 0. The molecule has 0 aromatic rings. The van der Waals surface area contributed by atoms with Gasteiger partial charge in [-0.05, 0) is 50.6 Å². The number of hydrogen-bond acceptors (Lipinski definition) is 4. The second kappa shape index (κ2) is 9.83. The molecule has 1 atom stereocenters. The van der Waals surface area contributed by atoms with Gasteiger partial charge in [-0.1, -0.05) is 0 Å². The molecule has 0 bridgehead atoms. The van der Waals surface area contributed by atoms with Crippen molar-refractivity contribution in [2.75, 3.05) is 46.6 Å². The third kappa shape index (κ3) is 6.36. The first-order valence-electron chi connectivity index (χ1n) is 6.76. The second-order valence-electron chi connectivity index (χ2n) is 4.78. The first kappa shape index (κ1) is 14.9. The smallest absolute Gasteiger partial charge is 0.0474 e. The first-order valence-corrected chi connectivity index (χ1v) is 6.76. The molecule has 0 aromatic heterocycles. The number of ether oxygens (including phenoxy) is 2. The summed E-state index contributed by atoms with van der Waals surface area (Å²) in [5.41, 5.74) is 0. The summed E-state index contributed by atoms with van der Waals surface area (Å²) in [4.78, 5) is 0. The van der Waals surface area contributed by atoms with Crippen LogP contribution in [0.15, 0.2) is 0 Å². The Balaban J connectivity index is 2.05. The van der Waals surface area contributed by atoms with E-state index in [1.54, 1.807) is 7.11 Å². The number of hydrogen-bond donors (Lipinski definition) is 2. The quantitative estimate of drug-likeness (QED) is 0.596. The van der Waals surface area contributed by atoms with Crippen LogP contribution >= 0.6 is 0 Å². The molecular formula is C13H27NO3. The molecule has 2 N–H and O–H groups in total. The molecule has 4 nitrogen and oxygen atoms in total. The lowest BCUT2D eigenvalue weighted by molar-refractivity contribution is 0.0312. The predicted octanol–water partition coefficient (Wildman–Crippen LogP) is 1.04. The van der Waals surface area contributed by atoms with E-state index in [1.807, 2.05) is 0 Å². The summed E-state index contributed by atoms with van der Waals surface area (Å²) in [5.74, 6) is 1.09. The molecule has 1 aliphatic rings. The van der Waals surface area contributed by atoms with Gasteiger partial charge in [-0.25, -0.2) is 0 Å². The third-order valence-corrected chi connectivity index (χ3v) is 3.56. The maximum Gasteiger partial charge on any atom is 0.0474 e. The maximum atomic E-state index is 9.43. The zero-order valence-corrected chi connectivity index (χ0v) is 11.0. The van der Waals surface area contributed by atoms with Crippen LogP contribution in [0.4, 0.5) is 0 Å². The molecule has 1 saturated heterocycles. The monoisotopic (exact) mass is 245 g/mol. The summed E-state index contributed by atoms with van der Waals surface area (Å²) in [6.45, 7) is 4.84. The van der Waals surface area contributed by atoms with Crippen molar-refractivity contribution < 1.29 is 14.6 Å². The van der Waals surface area contributed by atoms with E-state index in [2.05, 4.69) is 5.32 Å². The van der Waals surface area contributed by atoms with Crippen LogP contribution in [0.5, 0.6) is 0 Å². The van der Waals surface area contributed by atoms with E-state index < -0.39 is 0 Å². The van der Waals surface area contributed by atoms with Gasteiger partial charge in [0.2, 0.25) is 0 Å². The highest BCUT2D eigenvalue weighted by molar-refractivity contribution is 4.73. The van der Waals surface area contributed by atoms with Crippen LogP contribution in [0.25, 0.3) is 0 Å². The highest BCUT2D eigenvalue weighted by atomic mass is 16.5. The molecule has 1 unspecified atom stereocenters. The van der Waals surface area contributed by atoms with E-state index >= 15 is 0 Å². The number of aliphatic hydroxyl groups is 1. The van der Waals surface area contributed by atoms with Crippen molar-refractivity contribution in [3.05, 3.63) is 0 Å². The van der Waals surface area contributed by atoms with Crippen molar-refractivity contribution in [1.82, 2.24) is 5.32 Å². The van der Waals surface area contributed by atoms with Gasteiger partial charge in [0.25, 0.3) is 0 Å². The Bertz CT molecular complexity index is 172. The molecule has 1 heterocycles. The lowest BCUT2D eigenvalue weighted by Crippen LogP contribution is -2.29. The van der Waals surface area contributed by atoms with Gasteiger partial charge in [0, 0.05) is 33.5 Å². The Hall–Kier alpha value is -0.160. The molecule has 4 heteroatoms. The Morgan fingerprint density at radius 2 is 2.12 bits per heavy atom. The van der Waals surface area contributed by atoms with E-state index in [-0.39, 0.29) is 0 Å². The predicted molar refractivity (Wildman–Crippen MR) is 68.1 cm³/mol. The number of aliphatic hydroxyl groups excluding tert-OH is 1. The Kier molecular flexibility index (Phi) is 8.61. The molecule has 0 radical (unpaired) electrons. The van der Waals surface area contributed by atoms with Crippen molar-refractivity contribution in [2.45, 2.75) is 25.7 Å². The molecule has 0 amide bonds. The second-order valence-corrected chi connectivity index (χ2v) is 4.78. The summed E-state index contributed by atoms with van der Waals surface area (Å²) in [7, 11) is 1.73. The van der Waals surface area contributed by atoms with E-state index in [1.165, 1.54) is 0 Å². The molecular weight excluding hydrogens is 218 g/mol. The van der Waals surface area contributed by atoms with E-state index in [0.29, 0.717) is 18.4 Å². The van der Waals surface area contributed by atoms with Crippen molar-refractivity contribution in [3.8, 4) is 0 Å². The molecule has 1 fully saturated rings. The fraction of sp³-hybridized carbons (Fsp3) is 1.00. The molecule has 17 heavy (non-hydrogen) atoms. The van der Waals surface area contributed by atoms with Crippen molar-refractivity contribution >= 4 is 0 Å². The number of rotatable bonds is 9. The van der Waals surface area contributed by atoms with Crippen LogP contribution < -0.4 is 5.32 Å². The summed E-state index contributed by atoms with van der Waals surface area (Å²) < 4.78 is 10.3. The van der Waals surface area contributed by atoms with Crippen LogP contribution in [-0.4, -0.2) is 51.7 Å². The fourth-order valence-corrected chi connectivity index (χ4v) is 2.42. The van der Waals surface area contributed by atoms with Gasteiger partial charge < -0.3 is 19.9 Å². The highest BCUT2D eigenvalue weighted by Gasteiger charge is 2.22. The van der Waals surface area contributed by atoms with Gasteiger partial charge in [-0.3, -0.25) is 0 Å². The normalized spacial score (nSPS) is 19.4. The Morgan fingerprint density at radius 3 is 2.76 bits per heavy atom. The van der Waals surface area contributed by atoms with Gasteiger partial charge in [0.15, 0.2) is 0 Å². The minimum Gasteiger partial charge on any atom is -0.396 e. The average Bonchev–Trinajstić information content (AvgIpc) is 2.39. The van der Waals surface area contributed by atoms with Gasteiger partial charge in [0.1, 0.15) is 0 Å². The lowest BCUT2D eigenvalue weighted by Gasteiger charge is -2.29. The zero-order chi connectivity index (χ0) is 12.3. The van der Waals surface area contributed by atoms with Crippen LogP contribution in [0.1, 0.15) is 25.7 Å². The van der Waals surface area contributed by atoms with E-state index in [0.717, 1.165) is 58.6 Å². The van der Waals surface area contributed by atoms with Crippen molar-refractivity contribution in [1.29, 1.82) is 0 Å². The van der Waals surface area contributed by atoms with Gasteiger partial charge in [0.05, 0.1) is 0 Å². The summed E-state index contributed by atoms with van der Waals surface area (Å²) in [5, 5.41) is 12.8. The average molecular weight is 245 g/mol. The third-order valence-electron chi connectivity index (χ3n) is 3.56. The SMILES string of the molecule is COCCCNCCC(CO)C1CCOCC1. The minimum atomic E-state index is 0.310. The maximum absolute atomic E-state index is 9.43. The standard InChI is InChI=1S/C13H27NO3/c1-16-8-2-6-14-7-3-13(11-15)12-4-9-17-10-5-12/h12-15H,2-11H2,1H3. The van der Waals surface area contributed by atoms with Crippen molar-refractivity contribution in [2.24, 2.45) is 11.8 Å². The van der Waals surface area contributed by atoms with Gasteiger partial charge in [-0.15, -0.1) is 0 Å². The number of methoxy groups -OCH3 is 1. The van der Waals surface area contributed by atoms with Crippen LogP contribution in [-0.2, 0) is 9.47 Å². The Morgan fingerprint density at radius 1 is 1.35 bits per heavy atom. The van der Waals surface area contributed by atoms with Gasteiger partial charge in [-0.2, -0.15) is 0 Å². The van der Waals surface area contributed by atoms with Crippen LogP contribution in [0.3, 0.4) is 0 Å². The first-order chi connectivity index (χ1) is 8.38. The molecule has 102 valence electrons. The zero-order valence-electron chi connectivity index (χ0n) is 11.0. The van der Waals surface area contributed by atoms with Crippen LogP contribution in [0, 0.1) is 11.8 Å². The van der Waals surface area contributed by atoms with Gasteiger partial charge >= 0.3 is 0 Å². The van der Waals surface area contributed by atoms with Crippen LogP contribution in [0.2, 0.25) is 0 Å². The topological polar surface area (TPSA) is 50.7 Å². The fourth-order valence-electron chi connectivity index (χ4n) is 2.42. The molecule has 1 aliphatic heterocycles. The van der Waals surface area contributed by atoms with E-state index in [9.17, 15) is 5.11 Å². The largest absolute Gasteiger partial charge is 0.396 e. The Labute approximate surface area is 105 Å². The molecule has 0 saturated carbocycles. The van der Waals surface area contributed by atoms with E-state index in [4.69, 9.17) is 9.47 Å². The minimum absolute atomic E-state index is 0.310. The molecule has 1 rings (SSSR count). The van der Waals surface area contributed by atoms with Crippen molar-refractivity contribution in [3.63, 3.8) is 0 Å². The highest BCUT2D eigenvalue weighted by Crippen LogP contribution is 2.25.